The first-order chi connectivity index (χ1) is 15.2. The molecule has 3 aromatic rings. The molecule has 8 heteroatoms. The van der Waals surface area contributed by atoms with E-state index in [1.54, 1.807) is 11.8 Å². The van der Waals surface area contributed by atoms with Crippen LogP contribution in [0.5, 0.6) is 0 Å². The van der Waals surface area contributed by atoms with Gasteiger partial charge < -0.3 is 20.5 Å². The highest BCUT2D eigenvalue weighted by atomic mass is 35.5. The summed E-state index contributed by atoms with van der Waals surface area (Å²) in [6, 6.07) is 12.5. The van der Waals surface area contributed by atoms with E-state index in [2.05, 4.69) is 44.6 Å². The minimum absolute atomic E-state index is 0. The highest BCUT2D eigenvalue weighted by Gasteiger charge is 2.29. The van der Waals surface area contributed by atoms with E-state index in [1.807, 2.05) is 42.9 Å². The minimum atomic E-state index is -0.0346. The van der Waals surface area contributed by atoms with Crippen molar-refractivity contribution in [3.8, 4) is 0 Å². The number of nitrogens with one attached hydrogen (secondary N) is 3. The number of carbonyl (C=O) groups excluding carboxylic acids is 1. The molecule has 1 unspecified atom stereocenters. The third kappa shape index (κ3) is 4.51. The van der Waals surface area contributed by atoms with Gasteiger partial charge in [0.15, 0.2) is 0 Å². The molecule has 0 radical (unpaired) electrons. The maximum atomic E-state index is 13.3. The van der Waals surface area contributed by atoms with Crippen molar-refractivity contribution in [1.82, 2.24) is 20.6 Å². The SMILES string of the molecule is Cc1c[nH]c2nccc(N3C=C(C(=O)NC(c4ccccc4)[C@H]4CCCN4)SCC3)c12.Cl. The molecular formula is C24H28ClN5OS. The van der Waals surface area contributed by atoms with E-state index < -0.39 is 0 Å². The van der Waals surface area contributed by atoms with Gasteiger partial charge in [0, 0.05) is 42.3 Å². The number of benzene rings is 1. The van der Waals surface area contributed by atoms with Crippen LogP contribution >= 0.6 is 24.2 Å². The maximum Gasteiger partial charge on any atom is 0.259 e. The molecule has 6 nitrogen and oxygen atoms in total. The first kappa shape index (κ1) is 22.7. The van der Waals surface area contributed by atoms with Crippen LogP contribution in [0.1, 0.15) is 30.0 Å². The van der Waals surface area contributed by atoms with E-state index >= 15 is 0 Å². The Kier molecular flexibility index (Phi) is 7.08. The molecule has 0 aliphatic carbocycles. The van der Waals surface area contributed by atoms with Gasteiger partial charge in [-0.3, -0.25) is 4.79 Å². The van der Waals surface area contributed by atoms with Crippen molar-refractivity contribution in [2.45, 2.75) is 31.8 Å². The lowest BCUT2D eigenvalue weighted by molar-refractivity contribution is -0.117. The first-order valence-electron chi connectivity index (χ1n) is 10.8. The van der Waals surface area contributed by atoms with Gasteiger partial charge in [0.2, 0.25) is 0 Å². The van der Waals surface area contributed by atoms with Crippen molar-refractivity contribution in [3.63, 3.8) is 0 Å². The van der Waals surface area contributed by atoms with Crippen molar-refractivity contribution in [2.75, 3.05) is 23.7 Å². The molecule has 168 valence electrons. The van der Waals surface area contributed by atoms with Gasteiger partial charge in [-0.05, 0) is 43.5 Å². The summed E-state index contributed by atoms with van der Waals surface area (Å²) in [5, 5.41) is 8.00. The molecule has 0 spiro atoms. The molecule has 5 rings (SSSR count). The Morgan fingerprint density at radius 1 is 1.28 bits per heavy atom. The molecule has 1 saturated heterocycles. The molecule has 32 heavy (non-hydrogen) atoms. The summed E-state index contributed by atoms with van der Waals surface area (Å²) in [5.74, 6) is 0.859. The molecular weight excluding hydrogens is 442 g/mol. The van der Waals surface area contributed by atoms with Gasteiger partial charge in [-0.1, -0.05) is 30.3 Å². The average molecular weight is 470 g/mol. The molecule has 3 N–H and O–H groups in total. The van der Waals surface area contributed by atoms with Gasteiger partial charge in [0.25, 0.3) is 5.91 Å². The van der Waals surface area contributed by atoms with Crippen LogP contribution in [0.2, 0.25) is 0 Å². The number of rotatable bonds is 5. The largest absolute Gasteiger partial charge is 0.346 e. The summed E-state index contributed by atoms with van der Waals surface area (Å²) in [6.07, 6.45) is 8.01. The fourth-order valence-electron chi connectivity index (χ4n) is 4.53. The van der Waals surface area contributed by atoms with Crippen LogP contribution in [-0.4, -0.2) is 40.8 Å². The monoisotopic (exact) mass is 469 g/mol. The summed E-state index contributed by atoms with van der Waals surface area (Å²) in [6.45, 7) is 3.94. The summed E-state index contributed by atoms with van der Waals surface area (Å²) in [4.78, 5) is 23.9. The number of hydrogen-bond donors (Lipinski definition) is 3. The normalized spacial score (nSPS) is 19.3. The third-order valence-corrected chi connectivity index (χ3v) is 7.08. The number of carbonyl (C=O) groups is 1. The zero-order valence-corrected chi connectivity index (χ0v) is 19.6. The Morgan fingerprint density at radius 2 is 2.12 bits per heavy atom. The molecule has 4 heterocycles. The molecule has 2 aliphatic heterocycles. The second-order valence-electron chi connectivity index (χ2n) is 8.13. The smallest absolute Gasteiger partial charge is 0.259 e. The Labute approximate surface area is 198 Å². The van der Waals surface area contributed by atoms with Gasteiger partial charge in [0.1, 0.15) is 5.65 Å². The van der Waals surface area contributed by atoms with E-state index in [0.717, 1.165) is 64.4 Å². The van der Waals surface area contributed by atoms with Crippen LogP contribution in [0, 0.1) is 6.92 Å². The van der Waals surface area contributed by atoms with Crippen molar-refractivity contribution >= 4 is 46.8 Å². The van der Waals surface area contributed by atoms with Crippen molar-refractivity contribution in [3.05, 3.63) is 71.0 Å². The minimum Gasteiger partial charge on any atom is -0.346 e. The van der Waals surface area contributed by atoms with Crippen LogP contribution in [-0.2, 0) is 4.79 Å². The number of amides is 1. The fourth-order valence-corrected chi connectivity index (χ4v) is 5.43. The van der Waals surface area contributed by atoms with Gasteiger partial charge in [0.05, 0.1) is 16.6 Å². The van der Waals surface area contributed by atoms with E-state index in [4.69, 9.17) is 0 Å². The standard InChI is InChI=1S/C24H27N5OS.ClH/c1-16-14-27-23-21(16)19(9-11-26-23)29-12-13-31-20(15-29)24(30)28-22(18-8-5-10-25-18)17-6-3-2-4-7-17;/h2-4,6-7,9,11,14-15,18,22,25H,5,8,10,12-13H2,1H3,(H,26,27)(H,28,30);1H/t18-,22?;/m1./s1. The number of halogens is 1. The highest BCUT2D eigenvalue weighted by Crippen LogP contribution is 2.33. The summed E-state index contributed by atoms with van der Waals surface area (Å²) < 4.78 is 0. The van der Waals surface area contributed by atoms with Gasteiger partial charge >= 0.3 is 0 Å². The quantitative estimate of drug-likeness (QED) is 0.519. The number of pyridine rings is 1. The predicted octanol–water partition coefficient (Wildman–Crippen LogP) is 4.30. The number of hydrogen-bond acceptors (Lipinski definition) is 5. The summed E-state index contributed by atoms with van der Waals surface area (Å²) in [5.41, 5.74) is 4.27. The number of aromatic nitrogens is 2. The van der Waals surface area contributed by atoms with E-state index in [0.29, 0.717) is 0 Å². The first-order valence-corrected chi connectivity index (χ1v) is 11.8. The molecule has 2 aromatic heterocycles. The summed E-state index contributed by atoms with van der Waals surface area (Å²) >= 11 is 1.62. The van der Waals surface area contributed by atoms with E-state index in [1.165, 1.54) is 0 Å². The predicted molar refractivity (Wildman–Crippen MR) is 134 cm³/mol. The van der Waals surface area contributed by atoms with Crippen LogP contribution in [0.15, 0.2) is 59.9 Å². The molecule has 1 aromatic carbocycles. The van der Waals surface area contributed by atoms with Crippen LogP contribution < -0.4 is 15.5 Å². The van der Waals surface area contributed by atoms with E-state index in [9.17, 15) is 4.79 Å². The number of aryl methyl sites for hydroxylation is 1. The number of aromatic amines is 1. The van der Waals surface area contributed by atoms with Crippen molar-refractivity contribution in [1.29, 1.82) is 0 Å². The maximum absolute atomic E-state index is 13.3. The Balaban J connectivity index is 0.00000245. The third-order valence-electron chi connectivity index (χ3n) is 6.09. The zero-order valence-electron chi connectivity index (χ0n) is 18.0. The molecule has 2 atom stereocenters. The number of anilines is 1. The molecule has 0 bridgehead atoms. The molecule has 0 saturated carbocycles. The van der Waals surface area contributed by atoms with Gasteiger partial charge in [-0.2, -0.15) is 0 Å². The van der Waals surface area contributed by atoms with Crippen molar-refractivity contribution < 1.29 is 4.79 Å². The number of fused-ring (bicyclic) bond motifs is 1. The zero-order chi connectivity index (χ0) is 21.2. The number of thioether (sulfide) groups is 1. The fraction of sp³-hybridized carbons (Fsp3) is 0.333. The van der Waals surface area contributed by atoms with E-state index in [-0.39, 0.29) is 30.4 Å². The number of H-pyrrole nitrogens is 1. The van der Waals surface area contributed by atoms with Crippen molar-refractivity contribution in [2.24, 2.45) is 0 Å². The van der Waals surface area contributed by atoms with Crippen LogP contribution in [0.4, 0.5) is 5.69 Å². The van der Waals surface area contributed by atoms with Crippen LogP contribution in [0.3, 0.4) is 0 Å². The lowest BCUT2D eigenvalue weighted by atomic mass is 9.98. The second kappa shape index (κ2) is 9.98. The molecule has 1 amide bonds. The highest BCUT2D eigenvalue weighted by molar-refractivity contribution is 8.04. The molecule has 2 aliphatic rings. The van der Waals surface area contributed by atoms with Gasteiger partial charge in [-0.25, -0.2) is 4.98 Å². The second-order valence-corrected chi connectivity index (χ2v) is 9.26. The Bertz CT molecular complexity index is 1110. The average Bonchev–Trinajstić information content (AvgIpc) is 3.48. The lowest BCUT2D eigenvalue weighted by Crippen LogP contribution is -2.41. The lowest BCUT2D eigenvalue weighted by Gasteiger charge is -2.29. The Morgan fingerprint density at radius 3 is 2.91 bits per heavy atom. The molecule has 1 fully saturated rings. The van der Waals surface area contributed by atoms with Crippen LogP contribution in [0.25, 0.3) is 11.0 Å². The topological polar surface area (TPSA) is 73.0 Å². The Hall–Kier alpha value is -2.48. The summed E-state index contributed by atoms with van der Waals surface area (Å²) in [7, 11) is 0. The number of nitrogens with zero attached hydrogens (tertiary/aromatic N) is 2. The van der Waals surface area contributed by atoms with Gasteiger partial charge in [-0.15, -0.1) is 24.2 Å².